The van der Waals surface area contributed by atoms with Crippen LogP contribution in [0.5, 0.6) is 11.5 Å². The predicted molar refractivity (Wildman–Crippen MR) is 286 cm³/mol. The van der Waals surface area contributed by atoms with E-state index in [9.17, 15) is 0 Å². The molecule has 0 radical (unpaired) electrons. The Labute approximate surface area is 426 Å². The Morgan fingerprint density at radius 1 is 0.507 bits per heavy atom. The first-order valence-electron chi connectivity index (χ1n) is 24.1. The number of aromatic nitrogens is 2. The van der Waals surface area contributed by atoms with Crippen LogP contribution in [0, 0.1) is 18.8 Å². The monoisotopic (exact) mass is 1090 g/mol. The minimum atomic E-state index is -0.210. The van der Waals surface area contributed by atoms with E-state index in [1.54, 1.807) is 0 Å². The second-order valence-electron chi connectivity index (χ2n) is 23.3. The Hall–Kier alpha value is -5.90. The number of hydrogen-bond donors (Lipinski definition) is 0. The van der Waals surface area contributed by atoms with Gasteiger partial charge in [-0.3, -0.25) is 0 Å². The molecule has 2 aromatic heterocycles. The van der Waals surface area contributed by atoms with Crippen molar-refractivity contribution < 1.29 is 25.8 Å². The van der Waals surface area contributed by atoms with Crippen molar-refractivity contribution in [3.8, 4) is 17.3 Å². The molecule has 0 fully saturated rings. The molecule has 5 nitrogen and oxygen atoms in total. The third kappa shape index (κ3) is 9.96. The fraction of sp³-hybridized carbons (Fsp3) is 0.302. The smallest absolute Gasteiger partial charge is 0.135 e. The molecule has 0 aliphatic carbocycles. The van der Waals surface area contributed by atoms with Gasteiger partial charge in [-0.2, -0.15) is 6.07 Å². The number of fused-ring (bicyclic) bond motifs is 3. The Morgan fingerprint density at radius 3 is 1.74 bits per heavy atom. The van der Waals surface area contributed by atoms with Crippen LogP contribution < -0.4 is 14.5 Å². The number of nitrogens with zero attached hydrogens (tertiary/aromatic N) is 4. The maximum Gasteiger partial charge on any atom is 0.135 e. The van der Waals surface area contributed by atoms with Crippen LogP contribution in [0.2, 0.25) is 0 Å². The molecule has 0 bridgehead atoms. The van der Waals surface area contributed by atoms with Gasteiger partial charge in [-0.15, -0.1) is 53.6 Å². The van der Waals surface area contributed by atoms with Gasteiger partial charge in [0.15, 0.2) is 0 Å². The van der Waals surface area contributed by atoms with Gasteiger partial charge in [0, 0.05) is 61.1 Å². The second kappa shape index (κ2) is 18.1. The standard InChI is InChI=1S/C63H67N4O.Pt/c1-59(2,3)44-29-30-64-58(37-44)67-55-28-25-45(63(13,14)43-23-19-16-20-24-43)36-54(55)53-27-26-51(39-56(53)67)68-52-35-48(62(10,11)12)34-50(38-52)66-41-65(40-57(66)42-21-17-15-18-22-42)49-32-46(60(4,5)6)31-47(33-49)61(7,8)9;/h15-37,40-41H,1-14H3;/q-3;. The zero-order valence-corrected chi connectivity index (χ0v) is 45.2. The number of anilines is 2. The van der Waals surface area contributed by atoms with Crippen molar-refractivity contribution >= 4 is 38.9 Å². The summed E-state index contributed by atoms with van der Waals surface area (Å²) in [5.74, 6) is 2.07. The van der Waals surface area contributed by atoms with E-state index in [0.717, 1.165) is 55.8 Å². The molecule has 0 saturated heterocycles. The minimum Gasteiger partial charge on any atom is -0.509 e. The average molecular weight is 1090 g/mol. The van der Waals surface area contributed by atoms with Crippen LogP contribution in [0.4, 0.5) is 11.4 Å². The summed E-state index contributed by atoms with van der Waals surface area (Å²) in [4.78, 5) is 9.51. The molecular formula is C63H67N4OPt-3. The van der Waals surface area contributed by atoms with Crippen molar-refractivity contribution in [2.75, 3.05) is 9.80 Å². The van der Waals surface area contributed by atoms with Gasteiger partial charge in [0.05, 0.1) is 0 Å². The van der Waals surface area contributed by atoms with Gasteiger partial charge in [0.1, 0.15) is 5.82 Å². The fourth-order valence-corrected chi connectivity index (χ4v) is 9.10. The van der Waals surface area contributed by atoms with Gasteiger partial charge in [-0.05, 0) is 97.0 Å². The molecule has 3 heterocycles. The van der Waals surface area contributed by atoms with Crippen LogP contribution in [0.3, 0.4) is 0 Å². The number of ether oxygens (including phenoxy) is 1. The van der Waals surface area contributed by atoms with E-state index < -0.39 is 0 Å². The minimum absolute atomic E-state index is 0. The van der Waals surface area contributed by atoms with Crippen molar-refractivity contribution in [1.82, 2.24) is 9.55 Å². The van der Waals surface area contributed by atoms with Crippen LogP contribution in [0.15, 0.2) is 146 Å². The largest absolute Gasteiger partial charge is 0.509 e. The predicted octanol–water partition coefficient (Wildman–Crippen LogP) is 16.5. The van der Waals surface area contributed by atoms with Crippen molar-refractivity contribution in [1.29, 1.82) is 0 Å². The van der Waals surface area contributed by atoms with E-state index in [4.69, 9.17) is 9.72 Å². The molecular weight excluding hydrogens is 1020 g/mol. The summed E-state index contributed by atoms with van der Waals surface area (Å²) in [6, 6.07) is 55.7. The van der Waals surface area contributed by atoms with Gasteiger partial charge < -0.3 is 19.1 Å². The van der Waals surface area contributed by atoms with Crippen LogP contribution in [0.25, 0.3) is 33.3 Å². The third-order valence-electron chi connectivity index (χ3n) is 13.7. The second-order valence-corrected chi connectivity index (χ2v) is 23.3. The number of hydrogen-bond acceptors (Lipinski definition) is 4. The molecule has 1 aliphatic rings. The molecule has 0 atom stereocenters. The summed E-state index contributed by atoms with van der Waals surface area (Å²) < 4.78 is 9.21. The summed E-state index contributed by atoms with van der Waals surface area (Å²) in [6.07, 6.45) is 4.17. The maximum atomic E-state index is 6.96. The Kier molecular flexibility index (Phi) is 13.0. The summed E-state index contributed by atoms with van der Waals surface area (Å²) in [5, 5.41) is 2.23. The molecule has 0 unspecified atom stereocenters. The molecule has 0 amide bonds. The molecule has 1 aliphatic heterocycles. The number of pyridine rings is 1. The normalized spacial score (nSPS) is 13.8. The molecule has 0 N–H and O–H groups in total. The molecule has 358 valence electrons. The fourth-order valence-electron chi connectivity index (χ4n) is 9.10. The molecule has 6 aromatic carbocycles. The van der Waals surface area contributed by atoms with Crippen LogP contribution in [-0.4, -0.2) is 9.55 Å². The molecule has 69 heavy (non-hydrogen) atoms. The van der Waals surface area contributed by atoms with Crippen molar-refractivity contribution in [2.24, 2.45) is 0 Å². The van der Waals surface area contributed by atoms with Crippen molar-refractivity contribution in [3.63, 3.8) is 0 Å². The van der Waals surface area contributed by atoms with E-state index in [2.05, 4.69) is 264 Å². The first kappa shape index (κ1) is 49.5. The van der Waals surface area contributed by atoms with Gasteiger partial charge in [-0.1, -0.05) is 181 Å². The van der Waals surface area contributed by atoms with Crippen molar-refractivity contribution in [2.45, 2.75) is 124 Å². The topological polar surface area (TPSA) is 33.5 Å². The van der Waals surface area contributed by atoms with E-state index >= 15 is 0 Å². The summed E-state index contributed by atoms with van der Waals surface area (Å²) in [6.45, 7) is 34.0. The Bertz CT molecular complexity index is 3160. The zero-order valence-electron chi connectivity index (χ0n) is 42.9. The molecule has 6 heteroatoms. The summed E-state index contributed by atoms with van der Waals surface area (Å²) in [5.41, 5.74) is 13.1. The van der Waals surface area contributed by atoms with E-state index in [1.165, 1.54) is 27.8 Å². The maximum absolute atomic E-state index is 6.96. The first-order valence-corrected chi connectivity index (χ1v) is 24.1. The van der Waals surface area contributed by atoms with E-state index in [0.29, 0.717) is 11.5 Å². The van der Waals surface area contributed by atoms with Crippen LogP contribution in [-0.2, 0) is 48.1 Å². The van der Waals surface area contributed by atoms with Crippen LogP contribution in [0.1, 0.15) is 136 Å². The molecule has 8 aromatic rings. The number of rotatable bonds is 8. The van der Waals surface area contributed by atoms with Gasteiger partial charge >= 0.3 is 0 Å². The molecule has 0 saturated carbocycles. The molecule has 9 rings (SSSR count). The summed E-state index contributed by atoms with van der Waals surface area (Å²) >= 11 is 0. The van der Waals surface area contributed by atoms with Gasteiger partial charge in [-0.25, -0.2) is 4.98 Å². The molecule has 0 spiro atoms. The van der Waals surface area contributed by atoms with Crippen molar-refractivity contribution in [3.05, 3.63) is 204 Å². The Balaban J connectivity index is 0.00000642. The third-order valence-corrected chi connectivity index (χ3v) is 13.7. The quantitative estimate of drug-likeness (QED) is 0.142. The van der Waals surface area contributed by atoms with E-state index in [1.807, 2.05) is 12.3 Å². The van der Waals surface area contributed by atoms with Gasteiger partial charge in [0.2, 0.25) is 0 Å². The van der Waals surface area contributed by atoms with Gasteiger partial charge in [0.25, 0.3) is 0 Å². The van der Waals surface area contributed by atoms with E-state index in [-0.39, 0.29) is 48.1 Å². The summed E-state index contributed by atoms with van der Waals surface area (Å²) in [7, 11) is 0. The number of benzene rings is 6. The Morgan fingerprint density at radius 2 is 1.12 bits per heavy atom. The van der Waals surface area contributed by atoms with Crippen LogP contribution >= 0.6 is 0 Å². The first-order chi connectivity index (χ1) is 31.9. The average Bonchev–Trinajstić information content (AvgIpc) is 3.88. The zero-order chi connectivity index (χ0) is 48.6. The SMILES string of the molecule is CC(C)(C)c1cc(Oc2[c-]c3c(cc2)c2cc(C(C)(C)c4ccccc4)ccc2n3-c2cc(C(C)(C)C)ccn2)[c-]c(N2[CH-]N(c3cc(C(C)(C)C)cc(C(C)(C)C)c3)C=C2c2ccccc2)c1.[Pt].